The molecule has 8 nitrogen and oxygen atoms in total. The van der Waals surface area contributed by atoms with Crippen LogP contribution in [-0.2, 0) is 14.4 Å². The smallest absolute Gasteiger partial charge is 0.324 e. The first-order valence-corrected chi connectivity index (χ1v) is 11.1. The number of phenolic OH excluding ortho intramolecular Hbond substituents is 1. The number of amides is 2. The van der Waals surface area contributed by atoms with E-state index < -0.39 is 41.2 Å². The van der Waals surface area contributed by atoms with Crippen LogP contribution in [0.15, 0.2) is 60.7 Å². The number of nitrogens with one attached hydrogen (secondary N) is 1. The van der Waals surface area contributed by atoms with E-state index >= 15 is 0 Å². The topological polar surface area (TPSA) is 116 Å². The SMILES string of the molecule is CCC1(C(=O)O)NC(c2ccc(OC)cc2O)C2C(=O)N(c3cccc4ccccc34)C(=O)C21. The number of fused-ring (bicyclic) bond motifs is 2. The first-order valence-electron chi connectivity index (χ1n) is 11.1. The second kappa shape index (κ2) is 7.85. The van der Waals surface area contributed by atoms with Gasteiger partial charge in [0.05, 0.1) is 24.6 Å². The van der Waals surface area contributed by atoms with Crippen LogP contribution in [0, 0.1) is 11.8 Å². The van der Waals surface area contributed by atoms with Crippen molar-refractivity contribution in [3.63, 3.8) is 0 Å². The molecule has 2 amide bonds. The summed E-state index contributed by atoms with van der Waals surface area (Å²) in [4.78, 5) is 41.3. The summed E-state index contributed by atoms with van der Waals surface area (Å²) < 4.78 is 5.15. The van der Waals surface area contributed by atoms with E-state index in [4.69, 9.17) is 4.74 Å². The van der Waals surface area contributed by atoms with E-state index in [2.05, 4.69) is 5.32 Å². The molecule has 0 aliphatic carbocycles. The third-order valence-corrected chi connectivity index (χ3v) is 7.17. The lowest BCUT2D eigenvalue weighted by Gasteiger charge is -2.30. The third kappa shape index (κ3) is 2.92. The molecule has 3 aromatic rings. The molecule has 4 unspecified atom stereocenters. The first kappa shape index (κ1) is 21.9. The maximum atomic E-state index is 13.9. The Labute approximate surface area is 195 Å². The van der Waals surface area contributed by atoms with E-state index in [1.54, 1.807) is 31.2 Å². The van der Waals surface area contributed by atoms with Gasteiger partial charge in [0.1, 0.15) is 17.0 Å². The molecule has 2 saturated heterocycles. The molecule has 8 heteroatoms. The van der Waals surface area contributed by atoms with Crippen LogP contribution in [0.4, 0.5) is 5.69 Å². The molecular formula is C26H24N2O6. The molecule has 4 atom stereocenters. The molecule has 0 bridgehead atoms. The van der Waals surface area contributed by atoms with Crippen molar-refractivity contribution in [2.24, 2.45) is 11.8 Å². The zero-order valence-corrected chi connectivity index (χ0v) is 18.7. The Morgan fingerprint density at radius 1 is 1.09 bits per heavy atom. The predicted octanol–water partition coefficient (Wildman–Crippen LogP) is 3.24. The van der Waals surface area contributed by atoms with E-state index in [0.29, 0.717) is 17.0 Å². The summed E-state index contributed by atoms with van der Waals surface area (Å²) in [5.74, 6) is -4.11. The molecule has 34 heavy (non-hydrogen) atoms. The number of hydrogen-bond acceptors (Lipinski definition) is 6. The van der Waals surface area contributed by atoms with Crippen molar-refractivity contribution in [3.8, 4) is 11.5 Å². The second-order valence-electron chi connectivity index (χ2n) is 8.69. The van der Waals surface area contributed by atoms with E-state index in [0.717, 1.165) is 15.7 Å². The molecule has 2 aliphatic rings. The van der Waals surface area contributed by atoms with Crippen LogP contribution in [0.1, 0.15) is 24.9 Å². The van der Waals surface area contributed by atoms with Crippen LogP contribution in [0.5, 0.6) is 11.5 Å². The van der Waals surface area contributed by atoms with E-state index in [-0.39, 0.29) is 12.2 Å². The summed E-state index contributed by atoms with van der Waals surface area (Å²) in [6, 6.07) is 16.5. The summed E-state index contributed by atoms with van der Waals surface area (Å²) in [7, 11) is 1.46. The minimum absolute atomic E-state index is 0.0827. The summed E-state index contributed by atoms with van der Waals surface area (Å²) in [6.45, 7) is 1.67. The lowest BCUT2D eigenvalue weighted by Crippen LogP contribution is -2.55. The van der Waals surface area contributed by atoms with Crippen molar-refractivity contribution < 1.29 is 29.3 Å². The number of carbonyl (C=O) groups is 3. The summed E-state index contributed by atoms with van der Waals surface area (Å²) in [6.07, 6.45) is 0.0827. The highest BCUT2D eigenvalue weighted by atomic mass is 16.5. The molecule has 2 fully saturated rings. The number of rotatable bonds is 5. The third-order valence-electron chi connectivity index (χ3n) is 7.17. The number of phenols is 1. The van der Waals surface area contributed by atoms with Crippen LogP contribution < -0.4 is 15.0 Å². The lowest BCUT2D eigenvalue weighted by molar-refractivity contribution is -0.149. The van der Waals surface area contributed by atoms with Crippen LogP contribution in [0.2, 0.25) is 0 Å². The minimum atomic E-state index is -1.66. The molecule has 2 aliphatic heterocycles. The van der Waals surface area contributed by atoms with Crippen molar-refractivity contribution in [1.29, 1.82) is 0 Å². The van der Waals surface area contributed by atoms with E-state index in [1.165, 1.54) is 13.2 Å². The number of aliphatic carboxylic acids is 1. The van der Waals surface area contributed by atoms with Gasteiger partial charge < -0.3 is 14.9 Å². The number of imide groups is 1. The predicted molar refractivity (Wildman–Crippen MR) is 125 cm³/mol. The molecule has 0 spiro atoms. The molecule has 174 valence electrons. The summed E-state index contributed by atoms with van der Waals surface area (Å²) in [5, 5.41) is 25.6. The average Bonchev–Trinajstić information content (AvgIpc) is 3.32. The van der Waals surface area contributed by atoms with Gasteiger partial charge in [0.2, 0.25) is 11.8 Å². The molecule has 2 heterocycles. The number of methoxy groups -OCH3 is 1. The fourth-order valence-corrected chi connectivity index (χ4v) is 5.50. The molecule has 0 radical (unpaired) electrons. The van der Waals surface area contributed by atoms with Crippen LogP contribution >= 0.6 is 0 Å². The number of carboxylic acids is 1. The second-order valence-corrected chi connectivity index (χ2v) is 8.69. The van der Waals surface area contributed by atoms with Crippen molar-refractivity contribution in [2.75, 3.05) is 12.0 Å². The molecule has 3 aromatic carbocycles. The van der Waals surface area contributed by atoms with Crippen molar-refractivity contribution in [3.05, 3.63) is 66.2 Å². The molecule has 5 rings (SSSR count). The van der Waals surface area contributed by atoms with Gasteiger partial charge in [0, 0.05) is 23.1 Å². The number of anilines is 1. The standard InChI is InChI=1S/C26H24N2O6/c1-3-26(25(32)33)21-20(22(27-26)17-12-11-15(34-2)13-19(17)29)23(30)28(24(21)31)18-10-6-8-14-7-4-5-9-16(14)18/h4-13,20-22,27,29H,3H2,1-2H3,(H,32,33). The van der Waals surface area contributed by atoms with Crippen LogP contribution in [0.3, 0.4) is 0 Å². The average molecular weight is 460 g/mol. The van der Waals surface area contributed by atoms with Crippen LogP contribution in [0.25, 0.3) is 10.8 Å². The maximum absolute atomic E-state index is 13.9. The molecule has 3 N–H and O–H groups in total. The Morgan fingerprint density at radius 3 is 2.50 bits per heavy atom. The number of carbonyl (C=O) groups excluding carboxylic acids is 2. The Kier molecular flexibility index (Phi) is 5.06. The van der Waals surface area contributed by atoms with Gasteiger partial charge in [-0.15, -0.1) is 0 Å². The van der Waals surface area contributed by atoms with Crippen LogP contribution in [-0.4, -0.2) is 40.6 Å². The van der Waals surface area contributed by atoms with E-state index in [9.17, 15) is 24.6 Å². The highest BCUT2D eigenvalue weighted by molar-refractivity contribution is 6.26. The number of nitrogens with zero attached hydrogens (tertiary/aromatic N) is 1. The highest BCUT2D eigenvalue weighted by Gasteiger charge is 2.68. The van der Waals surface area contributed by atoms with Gasteiger partial charge in [-0.3, -0.25) is 19.7 Å². The monoisotopic (exact) mass is 460 g/mol. The molecule has 0 aromatic heterocycles. The van der Waals surface area contributed by atoms with Gasteiger partial charge in [0.15, 0.2) is 0 Å². The van der Waals surface area contributed by atoms with E-state index in [1.807, 2.05) is 30.3 Å². The lowest BCUT2D eigenvalue weighted by atomic mass is 9.78. The van der Waals surface area contributed by atoms with Gasteiger partial charge >= 0.3 is 5.97 Å². The minimum Gasteiger partial charge on any atom is -0.507 e. The molecular weight excluding hydrogens is 436 g/mol. The fraction of sp³-hybridized carbons (Fsp3) is 0.269. The number of carboxylic acid groups (broad SMARTS) is 1. The first-order chi connectivity index (χ1) is 16.3. The summed E-state index contributed by atoms with van der Waals surface area (Å²) in [5.41, 5.74) is -0.891. The highest BCUT2D eigenvalue weighted by Crippen LogP contribution is 2.52. The summed E-state index contributed by atoms with van der Waals surface area (Å²) >= 11 is 0. The Balaban J connectivity index is 1.68. The van der Waals surface area contributed by atoms with Crippen molar-refractivity contribution in [2.45, 2.75) is 24.9 Å². The van der Waals surface area contributed by atoms with Gasteiger partial charge in [-0.05, 0) is 23.9 Å². The number of benzene rings is 3. The largest absolute Gasteiger partial charge is 0.507 e. The van der Waals surface area contributed by atoms with Gasteiger partial charge in [-0.1, -0.05) is 49.4 Å². The molecule has 0 saturated carbocycles. The number of aromatic hydroxyl groups is 1. The fourth-order valence-electron chi connectivity index (χ4n) is 5.50. The Hall–Kier alpha value is -3.91. The van der Waals surface area contributed by atoms with Gasteiger partial charge in [-0.2, -0.15) is 0 Å². The van der Waals surface area contributed by atoms with Crippen molar-refractivity contribution in [1.82, 2.24) is 5.32 Å². The van der Waals surface area contributed by atoms with Crippen molar-refractivity contribution >= 4 is 34.2 Å². The Bertz CT molecular complexity index is 1330. The Morgan fingerprint density at radius 2 is 1.82 bits per heavy atom. The normalized spacial score (nSPS) is 26.2. The zero-order valence-electron chi connectivity index (χ0n) is 18.7. The number of hydrogen-bond donors (Lipinski definition) is 3. The van der Waals surface area contributed by atoms with Gasteiger partial charge in [0.25, 0.3) is 0 Å². The maximum Gasteiger partial charge on any atom is 0.324 e. The zero-order chi connectivity index (χ0) is 24.2. The van der Waals surface area contributed by atoms with Gasteiger partial charge in [-0.25, -0.2) is 4.90 Å². The quantitative estimate of drug-likeness (QED) is 0.501. The number of ether oxygens (including phenoxy) is 1.